The molecule has 5 nitrogen and oxygen atoms in total. The molecule has 0 spiro atoms. The van der Waals surface area contributed by atoms with Crippen molar-refractivity contribution in [2.75, 3.05) is 6.26 Å². The first-order valence-corrected chi connectivity index (χ1v) is 10.1. The molecule has 6 heteroatoms. The first kappa shape index (κ1) is 16.5. The Morgan fingerprint density at radius 1 is 1.00 bits per heavy atom. The highest BCUT2D eigenvalue weighted by molar-refractivity contribution is 7.90. The Balaban J connectivity index is 1.72. The van der Waals surface area contributed by atoms with E-state index in [1.165, 1.54) is 6.26 Å². The predicted octanol–water partition coefficient (Wildman–Crippen LogP) is 3.55. The summed E-state index contributed by atoms with van der Waals surface area (Å²) >= 11 is 0. The Morgan fingerprint density at radius 3 is 2.50 bits per heavy atom. The highest BCUT2D eigenvalue weighted by Gasteiger charge is 2.09. The van der Waals surface area contributed by atoms with E-state index in [1.54, 1.807) is 30.5 Å². The molecular formula is C20H17N3O2S. The highest BCUT2D eigenvalue weighted by atomic mass is 32.2. The number of nitrogens with zero attached hydrogens (tertiary/aromatic N) is 3. The number of aromatic nitrogens is 3. The molecule has 130 valence electrons. The van der Waals surface area contributed by atoms with Crippen molar-refractivity contribution in [1.29, 1.82) is 0 Å². The average Bonchev–Trinajstić information content (AvgIpc) is 3.04. The lowest BCUT2D eigenvalue weighted by Gasteiger charge is -2.07. The monoisotopic (exact) mass is 363 g/mol. The number of hydrogen-bond acceptors (Lipinski definition) is 4. The lowest BCUT2D eigenvalue weighted by molar-refractivity contribution is 0.602. The zero-order chi connectivity index (χ0) is 18.1. The van der Waals surface area contributed by atoms with E-state index in [2.05, 4.69) is 9.55 Å². The van der Waals surface area contributed by atoms with Crippen LogP contribution in [-0.2, 0) is 16.4 Å². The van der Waals surface area contributed by atoms with Crippen molar-refractivity contribution in [3.05, 3.63) is 78.8 Å². The number of rotatable bonds is 4. The SMILES string of the molecule is CS(=O)(=O)c1ccc(-c2ccc3ccn(Cc4cccnc4)c3n2)cc1. The molecule has 4 aromatic rings. The van der Waals surface area contributed by atoms with Gasteiger partial charge in [0.2, 0.25) is 0 Å². The van der Waals surface area contributed by atoms with Gasteiger partial charge in [-0.05, 0) is 42.0 Å². The Bertz CT molecular complexity index is 1160. The molecule has 26 heavy (non-hydrogen) atoms. The third-order valence-electron chi connectivity index (χ3n) is 4.27. The van der Waals surface area contributed by atoms with Crippen molar-refractivity contribution >= 4 is 20.9 Å². The highest BCUT2D eigenvalue weighted by Crippen LogP contribution is 2.23. The van der Waals surface area contributed by atoms with Crippen LogP contribution in [0, 0.1) is 0 Å². The minimum absolute atomic E-state index is 0.308. The van der Waals surface area contributed by atoms with Gasteiger partial charge in [0.15, 0.2) is 9.84 Å². The Hall–Kier alpha value is -2.99. The topological polar surface area (TPSA) is 64.8 Å². The number of pyridine rings is 2. The van der Waals surface area contributed by atoms with Gasteiger partial charge in [0.1, 0.15) is 5.65 Å². The number of fused-ring (bicyclic) bond motifs is 1. The van der Waals surface area contributed by atoms with Gasteiger partial charge in [-0.1, -0.05) is 18.2 Å². The standard InChI is InChI=1S/C20H17N3O2S/c1-26(24,25)18-7-4-16(5-8-18)19-9-6-17-10-12-23(20(17)22-19)14-15-3-2-11-21-13-15/h2-13H,14H2,1H3. The second-order valence-electron chi connectivity index (χ2n) is 6.21. The third kappa shape index (κ3) is 3.23. The Morgan fingerprint density at radius 2 is 1.81 bits per heavy atom. The van der Waals surface area contributed by atoms with Crippen LogP contribution in [0.4, 0.5) is 0 Å². The third-order valence-corrected chi connectivity index (χ3v) is 5.39. The van der Waals surface area contributed by atoms with Gasteiger partial charge in [0.25, 0.3) is 0 Å². The van der Waals surface area contributed by atoms with E-state index < -0.39 is 9.84 Å². The summed E-state index contributed by atoms with van der Waals surface area (Å²) in [6.45, 7) is 0.695. The minimum atomic E-state index is -3.20. The lowest BCUT2D eigenvalue weighted by Crippen LogP contribution is -2.00. The van der Waals surface area contributed by atoms with Crippen LogP contribution in [0.25, 0.3) is 22.3 Å². The van der Waals surface area contributed by atoms with Crippen molar-refractivity contribution in [2.45, 2.75) is 11.4 Å². The minimum Gasteiger partial charge on any atom is -0.328 e. The van der Waals surface area contributed by atoms with Crippen molar-refractivity contribution in [1.82, 2.24) is 14.5 Å². The predicted molar refractivity (Wildman–Crippen MR) is 102 cm³/mol. The molecule has 0 fully saturated rings. The van der Waals surface area contributed by atoms with Crippen LogP contribution in [0.2, 0.25) is 0 Å². The summed E-state index contributed by atoms with van der Waals surface area (Å²) in [7, 11) is -3.20. The molecule has 0 unspecified atom stereocenters. The molecule has 3 aromatic heterocycles. The summed E-state index contributed by atoms with van der Waals surface area (Å²) < 4.78 is 25.3. The van der Waals surface area contributed by atoms with Crippen molar-refractivity contribution < 1.29 is 8.42 Å². The van der Waals surface area contributed by atoms with Crippen LogP contribution in [0.5, 0.6) is 0 Å². The van der Waals surface area contributed by atoms with E-state index in [0.717, 1.165) is 27.9 Å². The maximum atomic E-state index is 11.6. The summed E-state index contributed by atoms with van der Waals surface area (Å²) in [5.74, 6) is 0. The average molecular weight is 363 g/mol. The van der Waals surface area contributed by atoms with Gasteiger partial charge in [0.05, 0.1) is 17.1 Å². The molecule has 0 amide bonds. The van der Waals surface area contributed by atoms with E-state index in [0.29, 0.717) is 11.4 Å². The van der Waals surface area contributed by atoms with Crippen LogP contribution < -0.4 is 0 Å². The number of benzene rings is 1. The molecule has 0 aliphatic heterocycles. The van der Waals surface area contributed by atoms with Crippen LogP contribution in [0.3, 0.4) is 0 Å². The van der Waals surface area contributed by atoms with E-state index >= 15 is 0 Å². The first-order chi connectivity index (χ1) is 12.5. The largest absolute Gasteiger partial charge is 0.328 e. The molecule has 0 saturated carbocycles. The van der Waals surface area contributed by atoms with Crippen molar-refractivity contribution in [3.63, 3.8) is 0 Å². The quantitative estimate of drug-likeness (QED) is 0.556. The van der Waals surface area contributed by atoms with E-state index in [-0.39, 0.29) is 0 Å². The van der Waals surface area contributed by atoms with Crippen LogP contribution in [-0.4, -0.2) is 29.2 Å². The van der Waals surface area contributed by atoms with E-state index in [1.807, 2.05) is 42.7 Å². The molecule has 0 aliphatic rings. The van der Waals surface area contributed by atoms with Gasteiger partial charge in [-0.15, -0.1) is 0 Å². The summed E-state index contributed by atoms with van der Waals surface area (Å²) in [4.78, 5) is 9.25. The van der Waals surface area contributed by atoms with Crippen LogP contribution in [0.1, 0.15) is 5.56 Å². The van der Waals surface area contributed by atoms with Gasteiger partial charge in [-0.2, -0.15) is 0 Å². The van der Waals surface area contributed by atoms with E-state index in [4.69, 9.17) is 4.98 Å². The van der Waals surface area contributed by atoms with Gasteiger partial charge < -0.3 is 4.57 Å². The van der Waals surface area contributed by atoms with Gasteiger partial charge >= 0.3 is 0 Å². The molecule has 0 atom stereocenters. The second-order valence-corrected chi connectivity index (χ2v) is 8.23. The Kier molecular flexibility index (Phi) is 4.05. The fourth-order valence-electron chi connectivity index (χ4n) is 2.91. The van der Waals surface area contributed by atoms with Crippen molar-refractivity contribution in [2.24, 2.45) is 0 Å². The smallest absolute Gasteiger partial charge is 0.175 e. The summed E-state index contributed by atoms with van der Waals surface area (Å²) in [5.41, 5.74) is 3.69. The zero-order valence-corrected chi connectivity index (χ0v) is 15.0. The number of sulfone groups is 1. The molecule has 3 heterocycles. The maximum Gasteiger partial charge on any atom is 0.175 e. The molecule has 0 N–H and O–H groups in total. The first-order valence-electron chi connectivity index (χ1n) is 8.16. The fraction of sp³-hybridized carbons (Fsp3) is 0.100. The lowest BCUT2D eigenvalue weighted by atomic mass is 10.1. The molecule has 0 saturated heterocycles. The molecular weight excluding hydrogens is 346 g/mol. The molecule has 4 rings (SSSR count). The number of hydrogen-bond donors (Lipinski definition) is 0. The van der Waals surface area contributed by atoms with E-state index in [9.17, 15) is 8.42 Å². The second kappa shape index (κ2) is 6.38. The van der Waals surface area contributed by atoms with Crippen LogP contribution >= 0.6 is 0 Å². The van der Waals surface area contributed by atoms with Gasteiger partial charge in [0, 0.05) is 35.8 Å². The van der Waals surface area contributed by atoms with Crippen LogP contribution in [0.15, 0.2) is 78.1 Å². The molecule has 0 aliphatic carbocycles. The van der Waals surface area contributed by atoms with Crippen molar-refractivity contribution in [3.8, 4) is 11.3 Å². The molecule has 1 aromatic carbocycles. The fourth-order valence-corrected chi connectivity index (χ4v) is 3.54. The maximum absolute atomic E-state index is 11.6. The summed E-state index contributed by atoms with van der Waals surface area (Å²) in [6, 6.07) is 16.8. The Labute approximate surface area is 151 Å². The molecule has 0 bridgehead atoms. The van der Waals surface area contributed by atoms with Gasteiger partial charge in [-0.25, -0.2) is 13.4 Å². The summed E-state index contributed by atoms with van der Waals surface area (Å²) in [5, 5.41) is 1.06. The normalized spacial score (nSPS) is 11.7. The molecule has 0 radical (unpaired) electrons. The van der Waals surface area contributed by atoms with Gasteiger partial charge in [-0.3, -0.25) is 4.98 Å². The summed E-state index contributed by atoms with van der Waals surface area (Å²) in [6.07, 6.45) is 6.83. The zero-order valence-electron chi connectivity index (χ0n) is 14.2.